The first-order chi connectivity index (χ1) is 35.6. The Morgan fingerprint density at radius 1 is 0.486 bits per heavy atom. The summed E-state index contributed by atoms with van der Waals surface area (Å²) in [6.45, 7) is 15.8. The van der Waals surface area contributed by atoms with Crippen LogP contribution in [0.2, 0.25) is 10.1 Å². The highest BCUT2D eigenvalue weighted by Crippen LogP contribution is 2.55. The third-order valence-corrected chi connectivity index (χ3v) is 25.7. The molecule has 2 bridgehead atoms. The van der Waals surface area contributed by atoms with Gasteiger partial charge in [0.2, 0.25) is 0 Å². The molecule has 0 heterocycles. The van der Waals surface area contributed by atoms with Gasteiger partial charge in [-0.2, -0.15) is 0 Å². The van der Waals surface area contributed by atoms with Gasteiger partial charge in [-0.1, -0.05) is 224 Å². The first kappa shape index (κ1) is 50.5. The van der Waals surface area contributed by atoms with E-state index in [9.17, 15) is 9.59 Å². The zero-order valence-corrected chi connectivity index (χ0v) is 45.3. The van der Waals surface area contributed by atoms with Crippen molar-refractivity contribution < 1.29 is 32.7 Å². The number of allylic oxidation sites excluding steroid dienone is 1. The summed E-state index contributed by atoms with van der Waals surface area (Å²) in [4.78, 5) is 42.5. The van der Waals surface area contributed by atoms with Gasteiger partial charge in [-0.15, -0.1) is 0 Å². The van der Waals surface area contributed by atoms with Gasteiger partial charge in [-0.05, 0) is 88.7 Å². The molecule has 10 rings (SSSR count). The van der Waals surface area contributed by atoms with Gasteiger partial charge in [-0.25, -0.2) is 4.79 Å². The van der Waals surface area contributed by atoms with Crippen molar-refractivity contribution in [2.75, 3.05) is 13.2 Å². The number of ether oxygens (including phenoxy) is 2. The number of ketones is 1. The molecule has 9 heteroatoms. The van der Waals surface area contributed by atoms with Gasteiger partial charge in [0.05, 0.1) is 0 Å². The number of carbonyl (C=O) groups excluding carboxylic acids is 3. The number of esters is 2. The predicted molar refractivity (Wildman–Crippen MR) is 303 cm³/mol. The second-order valence-electron chi connectivity index (χ2n) is 22.0. The summed E-state index contributed by atoms with van der Waals surface area (Å²) in [5.74, 6) is -1.60. The Labute approximate surface area is 437 Å². The van der Waals surface area contributed by atoms with Crippen molar-refractivity contribution in [3.05, 3.63) is 206 Å². The van der Waals surface area contributed by atoms with Crippen LogP contribution >= 0.6 is 0 Å². The van der Waals surface area contributed by atoms with Gasteiger partial charge in [-0.3, -0.25) is 9.59 Å². The number of benzene rings is 8. The van der Waals surface area contributed by atoms with E-state index in [4.69, 9.17) is 18.3 Å². The van der Waals surface area contributed by atoms with E-state index in [0.717, 1.165) is 21.5 Å². The lowest BCUT2D eigenvalue weighted by molar-refractivity contribution is -0.132. The van der Waals surface area contributed by atoms with Gasteiger partial charge < -0.3 is 18.3 Å². The van der Waals surface area contributed by atoms with Crippen LogP contribution in [0.3, 0.4) is 0 Å². The molecule has 0 saturated heterocycles. The summed E-state index contributed by atoms with van der Waals surface area (Å²) in [6.07, 6.45) is 2.02. The van der Waals surface area contributed by atoms with Crippen molar-refractivity contribution in [3.63, 3.8) is 0 Å². The van der Waals surface area contributed by atoms with Gasteiger partial charge in [0.15, 0.2) is 5.78 Å². The molecule has 2 aliphatic carbocycles. The number of Topliss-reactive ketones (excluding diaryl/α,β-unsaturated/α-hetero) is 1. The normalized spacial score (nSPS) is 18.5. The van der Waals surface area contributed by atoms with Crippen LogP contribution in [0.5, 0.6) is 11.5 Å². The zero-order valence-electron chi connectivity index (χ0n) is 43.3. The van der Waals surface area contributed by atoms with Crippen molar-refractivity contribution in [2.45, 2.75) is 65.0 Å². The third-order valence-electron chi connectivity index (χ3n) is 15.7. The quantitative estimate of drug-likeness (QED) is 0.0464. The Hall–Kier alpha value is -7.02. The zero-order chi connectivity index (χ0) is 51.8. The topological polar surface area (TPSA) is 88.1 Å². The number of rotatable bonds is 14. The minimum absolute atomic E-state index is 0.0466. The first-order valence-corrected chi connectivity index (χ1v) is 29.6. The molecule has 74 heavy (non-hydrogen) atoms. The van der Waals surface area contributed by atoms with Crippen LogP contribution < -0.4 is 30.2 Å². The van der Waals surface area contributed by atoms with E-state index >= 15 is 4.79 Å². The van der Waals surface area contributed by atoms with Crippen LogP contribution in [0.25, 0.3) is 32.7 Å². The number of hydrogen-bond acceptors (Lipinski definition) is 7. The number of hydrogen-bond donors (Lipinski definition) is 0. The number of fused-ring (bicyclic) bond motifs is 4. The molecule has 0 amide bonds. The van der Waals surface area contributed by atoms with Crippen LogP contribution in [0.1, 0.15) is 54.9 Å². The standard InChI is InChI=1S/C65H64O7Si2/c1-44(66)71-58-38-36-45-24-20-22-34-51(45)61(58)62-52-35-23-21-25-46(52)37-39-59(62)72-60(67)41-55-53-40-54(63(55)68)57(43-70-74(65(5,6)7,49-30-16-10-17-31-49)50-32-18-11-19-33-50)56(53)42-69-73(64(2,3)4,47-26-12-8-13-27-47)48-28-14-9-15-29-48/h8-39,41,53-54,56-57H,40,42-43H2,1-7H3/b55-41-/t53-,54-,56+,57-/m0/s1. The summed E-state index contributed by atoms with van der Waals surface area (Å²) < 4.78 is 27.8. The molecule has 0 unspecified atom stereocenters. The third kappa shape index (κ3) is 9.10. The maximum atomic E-state index is 15.1. The molecule has 2 fully saturated rings. The Morgan fingerprint density at radius 2 is 0.851 bits per heavy atom. The minimum Gasteiger partial charge on any atom is -0.426 e. The molecule has 0 N–H and O–H groups in total. The van der Waals surface area contributed by atoms with Crippen LogP contribution in [0, 0.1) is 23.7 Å². The van der Waals surface area contributed by atoms with E-state index in [1.807, 2.05) is 84.9 Å². The fourth-order valence-electron chi connectivity index (χ4n) is 12.5. The average molecular weight is 1010 g/mol. The minimum atomic E-state index is -3.05. The number of carbonyl (C=O) groups is 3. The Bertz CT molecular complexity index is 3300. The van der Waals surface area contributed by atoms with Crippen LogP contribution in [0.4, 0.5) is 0 Å². The molecule has 2 saturated carbocycles. The van der Waals surface area contributed by atoms with Gasteiger partial charge in [0.1, 0.15) is 11.5 Å². The molecule has 0 aromatic heterocycles. The smallest absolute Gasteiger partial charge is 0.336 e. The molecule has 2 aliphatic rings. The van der Waals surface area contributed by atoms with Gasteiger partial charge in [0, 0.05) is 48.8 Å². The lowest BCUT2D eigenvalue weighted by Gasteiger charge is -2.46. The van der Waals surface area contributed by atoms with E-state index in [0.29, 0.717) is 42.1 Å². The van der Waals surface area contributed by atoms with Gasteiger partial charge >= 0.3 is 11.9 Å². The van der Waals surface area contributed by atoms with Crippen molar-refractivity contribution >= 4 is 76.6 Å². The van der Waals surface area contributed by atoms with E-state index in [1.165, 1.54) is 33.7 Å². The van der Waals surface area contributed by atoms with Crippen LogP contribution in [-0.4, -0.2) is 47.6 Å². The summed E-state index contributed by atoms with van der Waals surface area (Å²) in [6, 6.07) is 65.7. The van der Waals surface area contributed by atoms with E-state index < -0.39 is 34.5 Å². The Morgan fingerprint density at radius 3 is 1.24 bits per heavy atom. The molecule has 4 atom stereocenters. The molecular weight excluding hydrogens is 949 g/mol. The summed E-state index contributed by atoms with van der Waals surface area (Å²) in [5, 5.41) is 7.62. The molecule has 8 aromatic rings. The largest absolute Gasteiger partial charge is 0.426 e. The summed E-state index contributed by atoms with van der Waals surface area (Å²) in [7, 11) is -6.07. The molecule has 0 aliphatic heterocycles. The fourth-order valence-corrected chi connectivity index (χ4v) is 21.7. The second kappa shape index (κ2) is 20.4. The van der Waals surface area contributed by atoms with Crippen LogP contribution in [-0.2, 0) is 23.2 Å². The maximum Gasteiger partial charge on any atom is 0.336 e. The average Bonchev–Trinajstić information content (AvgIpc) is 3.91. The maximum absolute atomic E-state index is 15.1. The highest BCUT2D eigenvalue weighted by molar-refractivity contribution is 7.00. The lowest BCUT2D eigenvalue weighted by atomic mass is 9.77. The molecular formula is C65H64O7Si2. The highest BCUT2D eigenvalue weighted by atomic mass is 28.4. The van der Waals surface area contributed by atoms with Crippen molar-refractivity contribution in [1.29, 1.82) is 0 Å². The van der Waals surface area contributed by atoms with E-state index in [1.54, 1.807) is 12.1 Å². The van der Waals surface area contributed by atoms with Crippen molar-refractivity contribution in [2.24, 2.45) is 23.7 Å². The Balaban J connectivity index is 1.07. The summed E-state index contributed by atoms with van der Waals surface area (Å²) >= 11 is 0. The van der Waals surface area contributed by atoms with E-state index in [2.05, 4.69) is 139 Å². The van der Waals surface area contributed by atoms with E-state index in [-0.39, 0.29) is 39.4 Å². The van der Waals surface area contributed by atoms with Crippen molar-refractivity contribution in [3.8, 4) is 22.6 Å². The second-order valence-corrected chi connectivity index (χ2v) is 30.6. The SMILES string of the molecule is CC(=O)Oc1ccc2ccccc2c1-c1c(OC(=O)/C=C2\C(=O)[C@H]3C[C@@H]2[C@@H](CO[Si](c2ccccc2)(c2ccccc2)C(C)(C)C)[C@H]3CO[Si](c2ccccc2)(c2ccccc2)C(C)(C)C)ccc2ccccc12. The predicted octanol–water partition coefficient (Wildman–Crippen LogP) is 12.0. The van der Waals surface area contributed by atoms with Crippen molar-refractivity contribution in [1.82, 2.24) is 0 Å². The first-order valence-electron chi connectivity index (χ1n) is 25.8. The molecule has 7 nitrogen and oxygen atoms in total. The molecule has 0 spiro atoms. The monoisotopic (exact) mass is 1010 g/mol. The summed E-state index contributed by atoms with van der Waals surface area (Å²) in [5.41, 5.74) is 1.70. The molecule has 0 radical (unpaired) electrons. The van der Waals surface area contributed by atoms with Gasteiger partial charge in [0.25, 0.3) is 16.6 Å². The fraction of sp³-hybridized carbons (Fsp3) is 0.246. The lowest BCUT2D eigenvalue weighted by Crippen LogP contribution is -2.67. The molecule has 8 aromatic carbocycles. The Kier molecular flexibility index (Phi) is 13.9. The van der Waals surface area contributed by atoms with Crippen LogP contribution in [0.15, 0.2) is 206 Å². The highest BCUT2D eigenvalue weighted by Gasteiger charge is 2.59. The molecule has 374 valence electrons.